The number of unbranched alkanes of at least 4 members (excludes halogenated alkanes) is 9. The fourth-order valence-electron chi connectivity index (χ4n) is 2.97. The van der Waals surface area contributed by atoms with Crippen LogP contribution in [0.15, 0.2) is 0 Å². The molecule has 0 saturated heterocycles. The molecule has 0 amide bonds. The number of hydrogen-bond donors (Lipinski definition) is 2. The average Bonchev–Trinajstić information content (AvgIpc) is 2.48. The molecular weight excluding hydrogens is 274 g/mol. The van der Waals surface area contributed by atoms with Crippen LogP contribution in [-0.4, -0.2) is 23.2 Å². The summed E-state index contributed by atoms with van der Waals surface area (Å²) in [5.41, 5.74) is 0. The summed E-state index contributed by atoms with van der Waals surface area (Å²) >= 11 is 0. The van der Waals surface area contributed by atoms with Crippen LogP contribution < -0.4 is 5.32 Å². The predicted molar refractivity (Wildman–Crippen MR) is 95.4 cm³/mol. The van der Waals surface area contributed by atoms with Gasteiger partial charge in [0, 0.05) is 6.04 Å². The van der Waals surface area contributed by atoms with Crippen molar-refractivity contribution in [2.24, 2.45) is 0 Å². The van der Waals surface area contributed by atoms with Gasteiger partial charge in [-0.25, -0.2) is 0 Å². The Morgan fingerprint density at radius 2 is 1.32 bits per heavy atom. The number of nitrogens with one attached hydrogen (secondary N) is 1. The van der Waals surface area contributed by atoms with Gasteiger partial charge in [-0.15, -0.1) is 0 Å². The van der Waals surface area contributed by atoms with E-state index >= 15 is 0 Å². The molecule has 22 heavy (non-hydrogen) atoms. The Kier molecular flexibility index (Phi) is 14.9. The van der Waals surface area contributed by atoms with Crippen molar-refractivity contribution in [3.8, 4) is 0 Å². The third-order valence-corrected chi connectivity index (χ3v) is 4.35. The van der Waals surface area contributed by atoms with Crippen LogP contribution in [0.1, 0.15) is 104 Å². The number of hydrogen-bond acceptors (Lipinski definition) is 2. The van der Waals surface area contributed by atoms with Crippen LogP contribution in [0.3, 0.4) is 0 Å². The molecule has 0 saturated carbocycles. The Hall–Kier alpha value is -0.570. The number of rotatable bonds is 16. The summed E-state index contributed by atoms with van der Waals surface area (Å²) in [6, 6.07) is -0.0650. The van der Waals surface area contributed by atoms with E-state index in [0.29, 0.717) is 6.04 Å². The van der Waals surface area contributed by atoms with Gasteiger partial charge in [-0.3, -0.25) is 4.79 Å². The van der Waals surface area contributed by atoms with Crippen molar-refractivity contribution in [2.45, 2.75) is 116 Å². The highest BCUT2D eigenvalue weighted by molar-refractivity contribution is 5.73. The molecule has 0 spiro atoms. The lowest BCUT2D eigenvalue weighted by Crippen LogP contribution is -2.41. The standard InChI is InChI=1S/C19H39NO2/c1-4-6-7-8-9-10-11-12-13-14-16-18(19(21)22)20-17(3)15-5-2/h17-18,20H,4-16H2,1-3H3,(H,21,22). The normalized spacial score (nSPS) is 14.0. The van der Waals surface area contributed by atoms with Crippen LogP contribution in [0.25, 0.3) is 0 Å². The zero-order valence-electron chi connectivity index (χ0n) is 15.2. The Morgan fingerprint density at radius 1 is 0.818 bits per heavy atom. The topological polar surface area (TPSA) is 49.3 Å². The second-order valence-corrected chi connectivity index (χ2v) is 6.72. The molecule has 0 aliphatic carbocycles. The molecule has 0 aromatic carbocycles. The number of carbonyl (C=O) groups is 1. The van der Waals surface area contributed by atoms with Gasteiger partial charge in [0.25, 0.3) is 0 Å². The molecule has 2 atom stereocenters. The van der Waals surface area contributed by atoms with E-state index in [4.69, 9.17) is 0 Å². The highest BCUT2D eigenvalue weighted by Gasteiger charge is 2.18. The molecule has 0 aliphatic heterocycles. The molecule has 3 heteroatoms. The molecule has 2 N–H and O–H groups in total. The van der Waals surface area contributed by atoms with E-state index in [2.05, 4.69) is 26.1 Å². The molecule has 0 aromatic rings. The fourth-order valence-corrected chi connectivity index (χ4v) is 2.97. The van der Waals surface area contributed by atoms with Crippen LogP contribution in [0.4, 0.5) is 0 Å². The minimum absolute atomic E-state index is 0.300. The second-order valence-electron chi connectivity index (χ2n) is 6.72. The zero-order chi connectivity index (χ0) is 16.6. The van der Waals surface area contributed by atoms with E-state index in [0.717, 1.165) is 25.7 Å². The quantitative estimate of drug-likeness (QED) is 0.368. The van der Waals surface area contributed by atoms with Crippen molar-refractivity contribution in [3.05, 3.63) is 0 Å². The van der Waals surface area contributed by atoms with Gasteiger partial charge in [0.15, 0.2) is 0 Å². The Bertz CT molecular complexity index is 256. The molecule has 132 valence electrons. The van der Waals surface area contributed by atoms with E-state index in [-0.39, 0.29) is 6.04 Å². The van der Waals surface area contributed by atoms with Gasteiger partial charge in [-0.1, -0.05) is 84.5 Å². The van der Waals surface area contributed by atoms with Gasteiger partial charge < -0.3 is 10.4 Å². The van der Waals surface area contributed by atoms with E-state index in [1.54, 1.807) is 0 Å². The lowest BCUT2D eigenvalue weighted by molar-refractivity contribution is -0.139. The third-order valence-electron chi connectivity index (χ3n) is 4.35. The molecule has 2 unspecified atom stereocenters. The van der Waals surface area contributed by atoms with Gasteiger partial charge in [-0.2, -0.15) is 0 Å². The van der Waals surface area contributed by atoms with E-state index in [1.807, 2.05) is 0 Å². The molecule has 3 nitrogen and oxygen atoms in total. The molecular formula is C19H39NO2. The fraction of sp³-hybridized carbons (Fsp3) is 0.947. The third kappa shape index (κ3) is 13.1. The van der Waals surface area contributed by atoms with Crippen molar-refractivity contribution < 1.29 is 9.90 Å². The number of aliphatic carboxylic acids is 1. The monoisotopic (exact) mass is 313 g/mol. The van der Waals surface area contributed by atoms with E-state index in [9.17, 15) is 9.90 Å². The molecule has 0 heterocycles. The van der Waals surface area contributed by atoms with Gasteiger partial charge in [0.2, 0.25) is 0 Å². The Morgan fingerprint density at radius 3 is 1.77 bits per heavy atom. The first-order chi connectivity index (χ1) is 10.6. The van der Waals surface area contributed by atoms with Crippen LogP contribution in [-0.2, 0) is 4.79 Å². The Balaban J connectivity index is 3.54. The minimum atomic E-state index is -0.695. The van der Waals surface area contributed by atoms with E-state index < -0.39 is 5.97 Å². The van der Waals surface area contributed by atoms with Crippen molar-refractivity contribution in [1.29, 1.82) is 0 Å². The van der Waals surface area contributed by atoms with Crippen LogP contribution in [0.5, 0.6) is 0 Å². The molecule has 0 aliphatic rings. The lowest BCUT2D eigenvalue weighted by Gasteiger charge is -2.19. The maximum Gasteiger partial charge on any atom is 0.320 e. The van der Waals surface area contributed by atoms with Crippen LogP contribution >= 0.6 is 0 Å². The van der Waals surface area contributed by atoms with Crippen LogP contribution in [0.2, 0.25) is 0 Å². The molecule has 0 radical (unpaired) electrons. The van der Waals surface area contributed by atoms with E-state index in [1.165, 1.54) is 57.8 Å². The summed E-state index contributed by atoms with van der Waals surface area (Å²) in [7, 11) is 0. The largest absolute Gasteiger partial charge is 0.480 e. The molecule has 0 rings (SSSR count). The van der Waals surface area contributed by atoms with Crippen molar-refractivity contribution in [1.82, 2.24) is 5.32 Å². The average molecular weight is 314 g/mol. The van der Waals surface area contributed by atoms with Crippen molar-refractivity contribution in [3.63, 3.8) is 0 Å². The van der Waals surface area contributed by atoms with Crippen LogP contribution in [0, 0.1) is 0 Å². The summed E-state index contributed by atoms with van der Waals surface area (Å²) in [5.74, 6) is -0.695. The van der Waals surface area contributed by atoms with Crippen molar-refractivity contribution in [2.75, 3.05) is 0 Å². The zero-order valence-corrected chi connectivity index (χ0v) is 15.2. The minimum Gasteiger partial charge on any atom is -0.480 e. The number of carboxylic acids is 1. The highest BCUT2D eigenvalue weighted by atomic mass is 16.4. The summed E-state index contributed by atoms with van der Waals surface area (Å²) in [6.45, 7) is 6.47. The molecule has 0 bridgehead atoms. The molecule has 0 aromatic heterocycles. The summed E-state index contributed by atoms with van der Waals surface area (Å²) in [4.78, 5) is 11.3. The summed E-state index contributed by atoms with van der Waals surface area (Å²) in [5, 5.41) is 12.5. The Labute approximate surface area is 138 Å². The maximum absolute atomic E-state index is 11.3. The number of carboxylic acid groups (broad SMARTS) is 1. The van der Waals surface area contributed by atoms with Gasteiger partial charge in [0.05, 0.1) is 0 Å². The highest BCUT2D eigenvalue weighted by Crippen LogP contribution is 2.12. The summed E-state index contributed by atoms with van der Waals surface area (Å²) < 4.78 is 0. The van der Waals surface area contributed by atoms with Gasteiger partial charge in [0.1, 0.15) is 6.04 Å². The van der Waals surface area contributed by atoms with Gasteiger partial charge in [-0.05, 0) is 19.8 Å². The lowest BCUT2D eigenvalue weighted by atomic mass is 10.0. The maximum atomic E-state index is 11.3. The first kappa shape index (κ1) is 21.4. The first-order valence-corrected chi connectivity index (χ1v) is 9.60. The first-order valence-electron chi connectivity index (χ1n) is 9.60. The van der Waals surface area contributed by atoms with Crippen molar-refractivity contribution >= 4 is 5.97 Å². The molecule has 0 fully saturated rings. The SMILES string of the molecule is CCCCCCCCCCCCC(NC(C)CCC)C(=O)O. The predicted octanol–water partition coefficient (Wildman–Crippen LogP) is 5.53. The summed E-state index contributed by atoms with van der Waals surface area (Å²) in [6.07, 6.45) is 15.8. The smallest absolute Gasteiger partial charge is 0.320 e. The second kappa shape index (κ2) is 15.3. The van der Waals surface area contributed by atoms with Gasteiger partial charge >= 0.3 is 5.97 Å².